The van der Waals surface area contributed by atoms with Crippen molar-refractivity contribution < 1.29 is 28.6 Å². The zero-order valence-electron chi connectivity index (χ0n) is 19.3. The number of hydrogen-bond donors (Lipinski definition) is 0. The second-order valence-electron chi connectivity index (χ2n) is 7.65. The summed E-state index contributed by atoms with van der Waals surface area (Å²) in [6.07, 6.45) is 3.70. The molecule has 172 valence electrons. The Morgan fingerprint density at radius 2 is 1.52 bits per heavy atom. The molecule has 0 bridgehead atoms. The first-order valence-corrected chi connectivity index (χ1v) is 11.2. The molecule has 0 aliphatic heterocycles. The molecule has 1 atom stereocenters. The smallest absolute Gasteiger partial charge is 0.219 e. The van der Waals surface area contributed by atoms with Crippen molar-refractivity contribution >= 4 is 28.4 Å². The van der Waals surface area contributed by atoms with Gasteiger partial charge in [-0.2, -0.15) is 0 Å². The minimum atomic E-state index is -0.546. The molecule has 2 aromatic rings. The van der Waals surface area contributed by atoms with E-state index in [-0.39, 0.29) is 33.4 Å². The summed E-state index contributed by atoms with van der Waals surface area (Å²) in [6.45, 7) is 3.89. The number of allylic oxidation sites excluding steroid dienone is 3. The fourth-order valence-electron chi connectivity index (χ4n) is 3.54. The number of methoxy groups -OCH3 is 3. The number of carbonyl (C=O) groups excluding carboxylic acids is 3. The van der Waals surface area contributed by atoms with Crippen molar-refractivity contribution in [2.75, 3.05) is 21.3 Å². The van der Waals surface area contributed by atoms with Crippen LogP contribution in [0.5, 0.6) is 17.2 Å². The summed E-state index contributed by atoms with van der Waals surface area (Å²) in [5.41, 5.74) is 2.14. The van der Waals surface area contributed by atoms with Crippen LogP contribution in [0.3, 0.4) is 0 Å². The quantitative estimate of drug-likeness (QED) is 0.488. The molecule has 33 heavy (non-hydrogen) atoms. The number of hydrogen-bond acceptors (Lipinski definition) is 7. The highest BCUT2D eigenvalue weighted by atomic mass is 32.2. The van der Waals surface area contributed by atoms with E-state index < -0.39 is 5.25 Å². The number of thioether (sulfide) groups is 1. The van der Waals surface area contributed by atoms with E-state index in [9.17, 15) is 14.4 Å². The lowest BCUT2D eigenvalue weighted by Gasteiger charge is -2.24. The van der Waals surface area contributed by atoms with Crippen molar-refractivity contribution in [3.8, 4) is 17.2 Å². The molecule has 2 aromatic carbocycles. The number of ketones is 2. The van der Waals surface area contributed by atoms with Crippen molar-refractivity contribution in [1.29, 1.82) is 0 Å². The maximum atomic E-state index is 13.6. The van der Waals surface area contributed by atoms with Crippen molar-refractivity contribution in [1.82, 2.24) is 0 Å². The first-order valence-electron chi connectivity index (χ1n) is 10.3. The molecule has 1 unspecified atom stereocenters. The van der Waals surface area contributed by atoms with Gasteiger partial charge in [-0.3, -0.25) is 14.4 Å². The summed E-state index contributed by atoms with van der Waals surface area (Å²) < 4.78 is 15.8. The van der Waals surface area contributed by atoms with Crippen LogP contribution in [-0.2, 0) is 0 Å². The van der Waals surface area contributed by atoms with E-state index in [1.807, 2.05) is 19.9 Å². The van der Waals surface area contributed by atoms with Gasteiger partial charge in [0.05, 0.1) is 32.5 Å². The van der Waals surface area contributed by atoms with Crippen LogP contribution in [0.2, 0.25) is 0 Å². The van der Waals surface area contributed by atoms with Crippen LogP contribution in [0.25, 0.3) is 0 Å². The van der Waals surface area contributed by atoms with Gasteiger partial charge in [0.2, 0.25) is 5.12 Å². The van der Waals surface area contributed by atoms with E-state index >= 15 is 0 Å². The van der Waals surface area contributed by atoms with Crippen LogP contribution in [0.15, 0.2) is 59.7 Å². The van der Waals surface area contributed by atoms with Crippen LogP contribution in [0.1, 0.15) is 51.3 Å². The Kier molecular flexibility index (Phi) is 7.76. The summed E-state index contributed by atoms with van der Waals surface area (Å²) in [6, 6.07) is 9.98. The van der Waals surface area contributed by atoms with Crippen LogP contribution < -0.4 is 14.2 Å². The minimum Gasteiger partial charge on any atom is -0.497 e. The minimum absolute atomic E-state index is 0.166. The molecular weight excluding hydrogens is 440 g/mol. The monoisotopic (exact) mass is 466 g/mol. The lowest BCUT2D eigenvalue weighted by molar-refractivity contribution is 0.0977. The van der Waals surface area contributed by atoms with Crippen LogP contribution in [0, 0.1) is 0 Å². The molecule has 0 saturated heterocycles. The van der Waals surface area contributed by atoms with Gasteiger partial charge in [-0.05, 0) is 62.7 Å². The Hall–Kier alpha value is -3.32. The zero-order chi connectivity index (χ0) is 24.1. The highest BCUT2D eigenvalue weighted by molar-refractivity contribution is 8.14. The standard InChI is InChI=1S/C26H26O6S/c1-15(2)6-13-22(33-26(29)16-7-9-17(30-3)10-8-16)18-14-19(27)23-20(31-4)11-12-21(32-5)24(23)25(18)28/h6-12,14,22H,13H2,1-5H3. The van der Waals surface area contributed by atoms with E-state index in [2.05, 4.69) is 0 Å². The summed E-state index contributed by atoms with van der Waals surface area (Å²) in [7, 11) is 4.45. The van der Waals surface area contributed by atoms with E-state index in [0.29, 0.717) is 29.2 Å². The molecule has 6 nitrogen and oxygen atoms in total. The fourth-order valence-corrected chi connectivity index (χ4v) is 4.57. The highest BCUT2D eigenvalue weighted by Gasteiger charge is 2.36. The van der Waals surface area contributed by atoms with Crippen molar-refractivity contribution in [3.63, 3.8) is 0 Å². The molecule has 0 fully saturated rings. The maximum absolute atomic E-state index is 13.6. The van der Waals surface area contributed by atoms with Gasteiger partial charge in [0, 0.05) is 16.4 Å². The first-order chi connectivity index (χ1) is 15.8. The van der Waals surface area contributed by atoms with Gasteiger partial charge in [-0.25, -0.2) is 0 Å². The lowest BCUT2D eigenvalue weighted by Crippen LogP contribution is -2.25. The number of ether oxygens (including phenoxy) is 3. The summed E-state index contributed by atoms with van der Waals surface area (Å²) in [4.78, 5) is 39.7. The Labute approximate surface area is 197 Å². The zero-order valence-corrected chi connectivity index (χ0v) is 20.1. The molecule has 1 aliphatic rings. The average molecular weight is 467 g/mol. The van der Waals surface area contributed by atoms with Gasteiger partial charge in [0.25, 0.3) is 0 Å². The van der Waals surface area contributed by atoms with Crippen molar-refractivity contribution in [2.45, 2.75) is 25.5 Å². The van der Waals surface area contributed by atoms with Crippen LogP contribution in [-0.4, -0.2) is 43.3 Å². The maximum Gasteiger partial charge on any atom is 0.219 e. The molecular formula is C26H26O6S. The van der Waals surface area contributed by atoms with Crippen molar-refractivity contribution in [2.24, 2.45) is 0 Å². The van der Waals surface area contributed by atoms with Gasteiger partial charge < -0.3 is 14.2 Å². The molecule has 0 radical (unpaired) electrons. The van der Waals surface area contributed by atoms with Gasteiger partial charge in [0.15, 0.2) is 11.6 Å². The molecule has 0 amide bonds. The normalized spacial score (nSPS) is 13.5. The topological polar surface area (TPSA) is 78.9 Å². The second kappa shape index (κ2) is 10.5. The summed E-state index contributed by atoms with van der Waals surface area (Å²) in [5.74, 6) is 0.549. The Bertz CT molecular complexity index is 1140. The second-order valence-corrected chi connectivity index (χ2v) is 8.83. The SMILES string of the molecule is COc1ccc(C(=O)SC(CC=C(C)C)C2=CC(=O)c3c(OC)ccc(OC)c3C2=O)cc1. The number of rotatable bonds is 8. The van der Waals surface area contributed by atoms with Gasteiger partial charge in [-0.1, -0.05) is 23.4 Å². The van der Waals surface area contributed by atoms with Crippen molar-refractivity contribution in [3.05, 3.63) is 76.4 Å². The first kappa shape index (κ1) is 24.3. The van der Waals surface area contributed by atoms with E-state index in [1.165, 1.54) is 20.3 Å². The number of Topliss-reactive ketones (excluding diaryl/α,β-unsaturated/α-hetero) is 1. The molecule has 0 heterocycles. The Balaban J connectivity index is 2.01. The predicted octanol–water partition coefficient (Wildman–Crippen LogP) is 5.32. The summed E-state index contributed by atoms with van der Waals surface area (Å²) >= 11 is 1.03. The molecule has 0 saturated carbocycles. The molecule has 3 rings (SSSR count). The summed E-state index contributed by atoms with van der Waals surface area (Å²) in [5, 5.41) is -0.746. The molecule has 0 N–H and O–H groups in total. The Morgan fingerprint density at radius 1 is 0.909 bits per heavy atom. The third-order valence-corrected chi connectivity index (χ3v) is 6.43. The Morgan fingerprint density at radius 3 is 2.06 bits per heavy atom. The number of fused-ring (bicyclic) bond motifs is 1. The van der Waals surface area contributed by atoms with Crippen LogP contribution in [0.4, 0.5) is 0 Å². The number of carbonyl (C=O) groups is 3. The fraction of sp³-hybridized carbons (Fsp3) is 0.269. The molecule has 0 aromatic heterocycles. The van der Waals surface area contributed by atoms with E-state index in [0.717, 1.165) is 17.3 Å². The molecule has 1 aliphatic carbocycles. The lowest BCUT2D eigenvalue weighted by atomic mass is 9.86. The molecule has 0 spiro atoms. The largest absolute Gasteiger partial charge is 0.497 e. The number of benzene rings is 2. The van der Waals surface area contributed by atoms with Crippen LogP contribution >= 0.6 is 11.8 Å². The van der Waals surface area contributed by atoms with Gasteiger partial charge >= 0.3 is 0 Å². The third-order valence-electron chi connectivity index (χ3n) is 5.25. The van der Waals surface area contributed by atoms with Gasteiger partial charge in [-0.15, -0.1) is 0 Å². The predicted molar refractivity (Wildman–Crippen MR) is 129 cm³/mol. The van der Waals surface area contributed by atoms with Gasteiger partial charge in [0.1, 0.15) is 17.2 Å². The molecule has 7 heteroatoms. The third kappa shape index (κ3) is 5.20. The van der Waals surface area contributed by atoms with E-state index in [4.69, 9.17) is 14.2 Å². The average Bonchev–Trinajstić information content (AvgIpc) is 2.82. The highest BCUT2D eigenvalue weighted by Crippen LogP contribution is 2.39. The van der Waals surface area contributed by atoms with E-state index in [1.54, 1.807) is 43.5 Å².